The van der Waals surface area contributed by atoms with Crippen molar-refractivity contribution in [1.29, 1.82) is 0 Å². The van der Waals surface area contributed by atoms with E-state index in [0.29, 0.717) is 12.5 Å². The largest absolute Gasteiger partial charge is 0.480 e. The van der Waals surface area contributed by atoms with Gasteiger partial charge in [-0.2, -0.15) is 0 Å². The number of sulfonamides is 1. The van der Waals surface area contributed by atoms with Gasteiger partial charge in [0.15, 0.2) is 0 Å². The zero-order valence-electron chi connectivity index (χ0n) is 12.1. The first-order valence-electron chi connectivity index (χ1n) is 6.93. The van der Waals surface area contributed by atoms with E-state index in [4.69, 9.17) is 5.11 Å². The van der Waals surface area contributed by atoms with Gasteiger partial charge in [-0.3, -0.25) is 9.59 Å². The minimum atomic E-state index is -3.66. The lowest BCUT2D eigenvalue weighted by Gasteiger charge is -2.11. The maximum Gasteiger partial charge on any atom is 0.325 e. The molecule has 0 spiro atoms. The molecule has 1 aliphatic carbocycles. The Hall–Kier alpha value is -1.93. The summed E-state index contributed by atoms with van der Waals surface area (Å²) in [5.41, 5.74) is 0.0994. The first kappa shape index (κ1) is 16.4. The van der Waals surface area contributed by atoms with E-state index in [-0.39, 0.29) is 10.5 Å². The molecule has 0 bridgehead atoms. The number of benzene rings is 1. The molecule has 3 N–H and O–H groups in total. The maximum absolute atomic E-state index is 12.1. The zero-order chi connectivity index (χ0) is 16.3. The van der Waals surface area contributed by atoms with Gasteiger partial charge in [0.2, 0.25) is 10.0 Å². The van der Waals surface area contributed by atoms with Crippen LogP contribution in [0, 0.1) is 5.92 Å². The lowest BCUT2D eigenvalue weighted by molar-refractivity contribution is -0.138. The predicted octanol–water partition coefficient (Wildman–Crippen LogP) is 0.578. The van der Waals surface area contributed by atoms with Crippen LogP contribution in [0.25, 0.3) is 0 Å². The van der Waals surface area contributed by atoms with Gasteiger partial charge in [-0.05, 0) is 43.9 Å². The lowest BCUT2D eigenvalue weighted by atomic mass is 10.2. The summed E-state index contributed by atoms with van der Waals surface area (Å²) >= 11 is 0. The highest BCUT2D eigenvalue weighted by molar-refractivity contribution is 7.89. The van der Waals surface area contributed by atoms with Crippen molar-refractivity contribution in [3.8, 4) is 0 Å². The fraction of sp³-hybridized carbons (Fsp3) is 0.429. The third-order valence-electron chi connectivity index (χ3n) is 3.38. The van der Waals surface area contributed by atoms with E-state index < -0.39 is 27.9 Å². The molecule has 0 unspecified atom stereocenters. The number of hydrogen-bond donors (Lipinski definition) is 3. The molecule has 1 saturated carbocycles. The van der Waals surface area contributed by atoms with Crippen LogP contribution >= 0.6 is 0 Å². The van der Waals surface area contributed by atoms with Gasteiger partial charge in [-0.1, -0.05) is 6.07 Å². The minimum absolute atomic E-state index is 0.0104. The molecule has 0 aliphatic heterocycles. The van der Waals surface area contributed by atoms with E-state index in [9.17, 15) is 18.0 Å². The Morgan fingerprint density at radius 1 is 1.36 bits per heavy atom. The van der Waals surface area contributed by atoms with Crippen molar-refractivity contribution in [2.24, 2.45) is 5.92 Å². The highest BCUT2D eigenvalue weighted by Gasteiger charge is 2.25. The van der Waals surface area contributed by atoms with Crippen molar-refractivity contribution in [3.63, 3.8) is 0 Å². The third-order valence-corrected chi connectivity index (χ3v) is 4.80. The molecule has 0 radical (unpaired) electrons. The maximum atomic E-state index is 12.1. The zero-order valence-corrected chi connectivity index (χ0v) is 12.9. The predicted molar refractivity (Wildman–Crippen MR) is 78.9 cm³/mol. The van der Waals surface area contributed by atoms with Crippen molar-refractivity contribution < 1.29 is 23.1 Å². The molecule has 8 heteroatoms. The van der Waals surface area contributed by atoms with Gasteiger partial charge in [0, 0.05) is 12.1 Å². The summed E-state index contributed by atoms with van der Waals surface area (Å²) < 4.78 is 26.8. The van der Waals surface area contributed by atoms with E-state index in [1.165, 1.54) is 31.2 Å². The minimum Gasteiger partial charge on any atom is -0.480 e. The molecule has 0 saturated heterocycles. The van der Waals surface area contributed by atoms with Gasteiger partial charge in [-0.15, -0.1) is 0 Å². The molecule has 1 atom stereocenters. The number of nitrogens with one attached hydrogen (secondary N) is 2. The molecule has 22 heavy (non-hydrogen) atoms. The van der Waals surface area contributed by atoms with Crippen LogP contribution in [0.5, 0.6) is 0 Å². The number of hydrogen-bond acceptors (Lipinski definition) is 4. The van der Waals surface area contributed by atoms with E-state index in [1.54, 1.807) is 0 Å². The SMILES string of the molecule is C[C@H](NC(=O)c1cccc(S(=O)(=O)NCC2CC2)c1)C(=O)O. The molecule has 0 heterocycles. The van der Waals surface area contributed by atoms with Crippen LogP contribution in [0.15, 0.2) is 29.2 Å². The van der Waals surface area contributed by atoms with Gasteiger partial charge in [0.1, 0.15) is 6.04 Å². The summed E-state index contributed by atoms with van der Waals surface area (Å²) in [6.07, 6.45) is 2.05. The Morgan fingerprint density at radius 3 is 2.64 bits per heavy atom. The fourth-order valence-corrected chi connectivity index (χ4v) is 2.94. The summed E-state index contributed by atoms with van der Waals surface area (Å²) in [5.74, 6) is -1.39. The molecular formula is C14H18N2O5S. The quantitative estimate of drug-likeness (QED) is 0.678. The summed E-state index contributed by atoms with van der Waals surface area (Å²) in [4.78, 5) is 22.6. The van der Waals surface area contributed by atoms with Crippen molar-refractivity contribution >= 4 is 21.9 Å². The summed E-state index contributed by atoms with van der Waals surface area (Å²) in [6.45, 7) is 1.73. The number of carboxylic acids is 1. The van der Waals surface area contributed by atoms with Gasteiger partial charge < -0.3 is 10.4 Å². The van der Waals surface area contributed by atoms with Crippen LogP contribution in [-0.4, -0.2) is 38.0 Å². The van der Waals surface area contributed by atoms with E-state index in [0.717, 1.165) is 12.8 Å². The second-order valence-electron chi connectivity index (χ2n) is 5.36. The Labute approximate surface area is 128 Å². The van der Waals surface area contributed by atoms with E-state index in [2.05, 4.69) is 10.0 Å². The number of amides is 1. The van der Waals surface area contributed by atoms with Gasteiger partial charge in [0.25, 0.3) is 5.91 Å². The monoisotopic (exact) mass is 326 g/mol. The molecule has 1 fully saturated rings. The molecular weight excluding hydrogens is 308 g/mol. The number of carbonyl (C=O) groups is 2. The fourth-order valence-electron chi connectivity index (χ4n) is 1.78. The second-order valence-corrected chi connectivity index (χ2v) is 7.12. The normalized spacial score (nSPS) is 16.0. The Kier molecular flexibility index (Phi) is 4.82. The average molecular weight is 326 g/mol. The molecule has 1 amide bonds. The van der Waals surface area contributed by atoms with Crippen LogP contribution in [0.3, 0.4) is 0 Å². The number of aliphatic carboxylic acids is 1. The number of rotatable bonds is 7. The van der Waals surface area contributed by atoms with Crippen LogP contribution in [0.1, 0.15) is 30.1 Å². The van der Waals surface area contributed by atoms with Gasteiger partial charge in [-0.25, -0.2) is 13.1 Å². The Morgan fingerprint density at radius 2 is 2.05 bits per heavy atom. The number of carboxylic acid groups (broad SMARTS) is 1. The average Bonchev–Trinajstić information content (AvgIpc) is 3.29. The van der Waals surface area contributed by atoms with Gasteiger partial charge in [0.05, 0.1) is 4.90 Å². The van der Waals surface area contributed by atoms with Crippen LogP contribution in [0.2, 0.25) is 0 Å². The van der Waals surface area contributed by atoms with Crippen LogP contribution in [-0.2, 0) is 14.8 Å². The first-order valence-corrected chi connectivity index (χ1v) is 8.41. The van der Waals surface area contributed by atoms with E-state index >= 15 is 0 Å². The summed E-state index contributed by atoms with van der Waals surface area (Å²) in [7, 11) is -3.66. The van der Waals surface area contributed by atoms with Crippen molar-refractivity contribution in [2.45, 2.75) is 30.7 Å². The topological polar surface area (TPSA) is 113 Å². The molecule has 2 rings (SSSR count). The highest BCUT2D eigenvalue weighted by atomic mass is 32.2. The standard InChI is InChI=1S/C14H18N2O5S/c1-9(14(18)19)16-13(17)11-3-2-4-12(7-11)22(20,21)15-8-10-5-6-10/h2-4,7,9-10,15H,5-6,8H2,1H3,(H,16,17)(H,18,19)/t9-/m0/s1. The molecule has 1 aromatic rings. The third kappa shape index (κ3) is 4.28. The molecule has 0 aromatic heterocycles. The molecule has 1 aromatic carbocycles. The van der Waals surface area contributed by atoms with E-state index in [1.807, 2.05) is 0 Å². The van der Waals surface area contributed by atoms with Crippen molar-refractivity contribution in [3.05, 3.63) is 29.8 Å². The van der Waals surface area contributed by atoms with Crippen LogP contribution < -0.4 is 10.0 Å². The summed E-state index contributed by atoms with van der Waals surface area (Å²) in [6, 6.07) is 4.46. The van der Waals surface area contributed by atoms with Crippen LogP contribution in [0.4, 0.5) is 0 Å². The first-order chi connectivity index (χ1) is 10.3. The lowest BCUT2D eigenvalue weighted by Crippen LogP contribution is -2.38. The summed E-state index contributed by atoms with van der Waals surface area (Å²) in [5, 5.41) is 11.0. The molecule has 7 nitrogen and oxygen atoms in total. The molecule has 120 valence electrons. The van der Waals surface area contributed by atoms with Crippen molar-refractivity contribution in [2.75, 3.05) is 6.54 Å². The Bertz CT molecular complexity index is 682. The Balaban J connectivity index is 2.11. The number of carbonyl (C=O) groups excluding carboxylic acids is 1. The highest BCUT2D eigenvalue weighted by Crippen LogP contribution is 2.28. The second kappa shape index (κ2) is 6.45. The molecule has 1 aliphatic rings. The van der Waals surface area contributed by atoms with Crippen molar-refractivity contribution in [1.82, 2.24) is 10.0 Å². The smallest absolute Gasteiger partial charge is 0.325 e. The van der Waals surface area contributed by atoms with Gasteiger partial charge >= 0.3 is 5.97 Å².